The highest BCUT2D eigenvalue weighted by atomic mass is 35.5. The van der Waals surface area contributed by atoms with E-state index >= 15 is 0 Å². The summed E-state index contributed by atoms with van der Waals surface area (Å²) >= 11 is 5.97. The van der Waals surface area contributed by atoms with Crippen molar-refractivity contribution < 1.29 is 43.8 Å². The number of carboxylic acid groups (broad SMARTS) is 1. The highest BCUT2D eigenvalue weighted by molar-refractivity contribution is 6.33. The van der Waals surface area contributed by atoms with Crippen LogP contribution < -0.4 is 22.1 Å². The van der Waals surface area contributed by atoms with Gasteiger partial charge in [0, 0.05) is 47.6 Å². The van der Waals surface area contributed by atoms with Gasteiger partial charge in [0.1, 0.15) is 6.04 Å². The van der Waals surface area contributed by atoms with Crippen molar-refractivity contribution in [2.24, 2.45) is 29.2 Å². The van der Waals surface area contributed by atoms with Gasteiger partial charge in [0.2, 0.25) is 17.6 Å². The number of benzene rings is 2. The van der Waals surface area contributed by atoms with Crippen molar-refractivity contribution in [2.45, 2.75) is 83.9 Å². The summed E-state index contributed by atoms with van der Waals surface area (Å²) in [7, 11) is 0. The minimum Gasteiger partial charge on any atom is -0.475 e. The maximum absolute atomic E-state index is 13.3. The number of carbonyl (C=O) groups is 7. The van der Waals surface area contributed by atoms with Crippen LogP contribution in [-0.2, 0) is 28.8 Å². The van der Waals surface area contributed by atoms with Gasteiger partial charge >= 0.3 is 5.97 Å². The van der Waals surface area contributed by atoms with E-state index < -0.39 is 83.9 Å². The number of Topliss-reactive ketones (excluding diaryl/α,β-unsaturated/α-hetero) is 4. The number of hydrogen-bond acceptors (Lipinski definition) is 10. The van der Waals surface area contributed by atoms with Crippen molar-refractivity contribution in [3.8, 4) is 11.1 Å². The number of aliphatic hydroxyl groups is 1. The fraction of sp³-hybridized carbons (Fsp3) is 0.486. The van der Waals surface area contributed by atoms with Gasteiger partial charge in [-0.05, 0) is 69.0 Å². The van der Waals surface area contributed by atoms with Crippen LogP contribution in [0.5, 0.6) is 0 Å². The van der Waals surface area contributed by atoms with Crippen LogP contribution in [0.25, 0.3) is 11.1 Å². The molecule has 0 unspecified atom stereocenters. The first-order chi connectivity index (χ1) is 24.1. The average Bonchev–Trinajstić information content (AvgIpc) is 3.09. The topological polar surface area (TPSA) is 236 Å². The summed E-state index contributed by atoms with van der Waals surface area (Å²) in [6.45, 7) is 4.50. The van der Waals surface area contributed by atoms with Crippen LogP contribution in [0.4, 0.5) is 0 Å². The number of unbranched alkanes of at least 4 members (excludes halogenated alkanes) is 1. The number of nitrogens with one attached hydrogen (secondary N) is 2. The van der Waals surface area contributed by atoms with Gasteiger partial charge in [-0.1, -0.05) is 61.8 Å². The lowest BCUT2D eigenvalue weighted by atomic mass is 9.91. The number of carbonyl (C=O) groups excluding carboxylic acids is 6. The molecule has 0 aromatic heterocycles. The second-order valence-corrected chi connectivity index (χ2v) is 13.3. The minimum atomic E-state index is -1.66. The van der Waals surface area contributed by atoms with E-state index in [0.29, 0.717) is 30.0 Å². The van der Waals surface area contributed by atoms with Crippen molar-refractivity contribution in [2.75, 3.05) is 13.1 Å². The molecule has 0 radical (unpaired) electrons. The number of hydrogen-bond donors (Lipinski definition) is 6. The third-order valence-corrected chi connectivity index (χ3v) is 8.85. The van der Waals surface area contributed by atoms with Gasteiger partial charge in [-0.2, -0.15) is 0 Å². The highest BCUT2D eigenvalue weighted by Crippen LogP contribution is 2.23. The van der Waals surface area contributed by atoms with E-state index in [1.807, 2.05) is 12.1 Å². The molecule has 0 fully saturated rings. The van der Waals surface area contributed by atoms with Gasteiger partial charge in [0.15, 0.2) is 17.3 Å². The molecule has 0 saturated heterocycles. The molecule has 278 valence electrons. The van der Waals surface area contributed by atoms with Crippen LogP contribution in [-0.4, -0.2) is 82.4 Å². The summed E-state index contributed by atoms with van der Waals surface area (Å²) in [5.74, 6) is -8.58. The third kappa shape index (κ3) is 13.7. The predicted octanol–water partition coefficient (Wildman–Crippen LogP) is 2.87. The van der Waals surface area contributed by atoms with E-state index in [4.69, 9.17) is 28.2 Å². The van der Waals surface area contributed by atoms with E-state index in [2.05, 4.69) is 10.6 Å². The molecular formula is C37H49ClN4O9. The second kappa shape index (κ2) is 21.2. The first-order valence-electron chi connectivity index (χ1n) is 17.0. The van der Waals surface area contributed by atoms with E-state index in [9.17, 15) is 38.7 Å². The van der Waals surface area contributed by atoms with E-state index in [1.165, 1.54) is 20.8 Å². The van der Waals surface area contributed by atoms with Gasteiger partial charge < -0.3 is 32.3 Å². The average molecular weight is 729 g/mol. The molecule has 0 bridgehead atoms. The fourth-order valence-electron chi connectivity index (χ4n) is 5.49. The first kappa shape index (κ1) is 42.9. The smallest absolute Gasteiger partial charge is 0.372 e. The van der Waals surface area contributed by atoms with Crippen LogP contribution in [0.15, 0.2) is 48.5 Å². The lowest BCUT2D eigenvalue weighted by Gasteiger charge is -2.25. The van der Waals surface area contributed by atoms with Crippen molar-refractivity contribution in [1.29, 1.82) is 0 Å². The number of ketones is 4. The lowest BCUT2D eigenvalue weighted by molar-refractivity contribution is -0.151. The number of nitrogens with two attached hydrogens (primary N) is 2. The van der Waals surface area contributed by atoms with Crippen LogP contribution in [0, 0.1) is 17.8 Å². The summed E-state index contributed by atoms with van der Waals surface area (Å²) < 4.78 is 0. The molecule has 2 rings (SSSR count). The molecular weight excluding hydrogens is 680 g/mol. The Balaban J connectivity index is 2.08. The Morgan fingerprint density at radius 3 is 1.80 bits per heavy atom. The molecule has 0 aliphatic heterocycles. The maximum atomic E-state index is 13.3. The molecule has 0 heterocycles. The van der Waals surface area contributed by atoms with Gasteiger partial charge in [-0.25, -0.2) is 4.79 Å². The third-order valence-electron chi connectivity index (χ3n) is 8.60. The number of amides is 2. The molecule has 51 heavy (non-hydrogen) atoms. The number of halogens is 1. The lowest BCUT2D eigenvalue weighted by Crippen LogP contribution is -2.51. The normalized spacial score (nSPS) is 14.6. The molecule has 2 aromatic rings. The zero-order chi connectivity index (χ0) is 38.2. The Kier molecular flexibility index (Phi) is 17.8. The summed E-state index contributed by atoms with van der Waals surface area (Å²) in [5, 5.41) is 25.1. The van der Waals surface area contributed by atoms with Crippen molar-refractivity contribution in [3.63, 3.8) is 0 Å². The molecule has 0 spiro atoms. The summed E-state index contributed by atoms with van der Waals surface area (Å²) in [6, 6.07) is 11.7. The molecule has 6 atom stereocenters. The number of carboxylic acids is 1. The molecule has 2 amide bonds. The van der Waals surface area contributed by atoms with Gasteiger partial charge in [-0.15, -0.1) is 0 Å². The van der Waals surface area contributed by atoms with Crippen molar-refractivity contribution >= 4 is 52.5 Å². The molecule has 8 N–H and O–H groups in total. The Hall–Kier alpha value is -4.30. The minimum absolute atomic E-state index is 0.0831. The SMILES string of the molecule is C[C@H](CC(=O)[C@@H](NC(=O)[C@H](CCN)CC(=O)c1ccc(-c2ccc(Cl)cc2)cc1)[C@@H](C)O)C(=O)N[C@@H](CCCCN)C(=O)C[C@@H](C)C(=O)C(=O)O. The largest absolute Gasteiger partial charge is 0.475 e. The Labute approximate surface area is 302 Å². The van der Waals surface area contributed by atoms with Crippen molar-refractivity contribution in [3.05, 3.63) is 59.1 Å². The van der Waals surface area contributed by atoms with Crippen molar-refractivity contribution in [1.82, 2.24) is 10.6 Å². The first-order valence-corrected chi connectivity index (χ1v) is 17.4. The standard InChI is InChI=1S/C37H49ClN4O9/c1-21(34(47)37(50)51)18-31(45)29(6-4-5-16-39)41-35(48)22(2)19-32(46)33(23(3)43)42-36(49)27(15-17-40)20-30(44)26-9-7-24(8-10-26)25-11-13-28(38)14-12-25/h7-14,21-23,27,29,33,43H,4-6,15-20,39-40H2,1-3H3,(H,41,48)(H,42,49)(H,50,51)/t21-,22-,23-,27-,29+,33+/m1/s1. The molecule has 0 aliphatic rings. The molecule has 0 aliphatic carbocycles. The van der Waals surface area contributed by atoms with E-state index in [1.54, 1.807) is 36.4 Å². The molecule has 14 heteroatoms. The Morgan fingerprint density at radius 2 is 1.27 bits per heavy atom. The predicted molar refractivity (Wildman–Crippen MR) is 192 cm³/mol. The van der Waals surface area contributed by atoms with Crippen LogP contribution in [0.2, 0.25) is 5.02 Å². The Morgan fingerprint density at radius 1 is 0.706 bits per heavy atom. The summed E-state index contributed by atoms with van der Waals surface area (Å²) in [4.78, 5) is 88.8. The summed E-state index contributed by atoms with van der Waals surface area (Å²) in [5.41, 5.74) is 13.5. The quantitative estimate of drug-likeness (QED) is 0.0553. The van der Waals surface area contributed by atoms with Crippen LogP contribution in [0.3, 0.4) is 0 Å². The van der Waals surface area contributed by atoms with Crippen LogP contribution in [0.1, 0.15) is 76.1 Å². The van der Waals surface area contributed by atoms with Gasteiger partial charge in [0.05, 0.1) is 12.1 Å². The number of rotatable bonds is 23. The Bertz CT molecular complexity index is 1530. The summed E-state index contributed by atoms with van der Waals surface area (Å²) in [6.07, 6.45) is -0.987. The number of aliphatic hydroxyl groups excluding tert-OH is 1. The molecule has 0 saturated carbocycles. The maximum Gasteiger partial charge on any atom is 0.372 e. The van der Waals surface area contributed by atoms with Gasteiger partial charge in [0.25, 0.3) is 0 Å². The monoisotopic (exact) mass is 728 g/mol. The fourth-order valence-corrected chi connectivity index (χ4v) is 5.62. The van der Waals surface area contributed by atoms with E-state index in [0.717, 1.165) is 11.1 Å². The zero-order valence-electron chi connectivity index (χ0n) is 29.2. The second-order valence-electron chi connectivity index (χ2n) is 12.9. The van der Waals surface area contributed by atoms with Crippen LogP contribution >= 0.6 is 11.6 Å². The molecule has 2 aromatic carbocycles. The van der Waals surface area contributed by atoms with Gasteiger partial charge in [-0.3, -0.25) is 28.8 Å². The molecule has 13 nitrogen and oxygen atoms in total. The zero-order valence-corrected chi connectivity index (χ0v) is 30.0. The highest BCUT2D eigenvalue weighted by Gasteiger charge is 2.33. The van der Waals surface area contributed by atoms with E-state index in [-0.39, 0.29) is 31.6 Å². The number of aliphatic carboxylic acids is 1.